The number of H-pyrrole nitrogens is 2. The van der Waals surface area contributed by atoms with Crippen molar-refractivity contribution >= 4 is 43.5 Å². The number of fused-ring (bicyclic) bond motifs is 2. The number of amides is 1. The molecule has 0 radical (unpaired) electrons. The fourth-order valence-electron chi connectivity index (χ4n) is 6.09. The van der Waals surface area contributed by atoms with Crippen molar-refractivity contribution in [1.29, 1.82) is 0 Å². The highest BCUT2D eigenvalue weighted by atomic mass is 32.2. The Morgan fingerprint density at radius 1 is 1.04 bits per heavy atom. The van der Waals surface area contributed by atoms with Gasteiger partial charge in [-0.15, -0.1) is 0 Å². The van der Waals surface area contributed by atoms with Gasteiger partial charge in [-0.1, -0.05) is 19.3 Å². The summed E-state index contributed by atoms with van der Waals surface area (Å²) in [5.74, 6) is -0.548. The molecule has 1 atom stereocenters. The average molecular weight is 639 g/mol. The van der Waals surface area contributed by atoms with Crippen LogP contribution in [0.5, 0.6) is 0 Å². The van der Waals surface area contributed by atoms with Crippen molar-refractivity contribution < 1.29 is 17.6 Å². The molecule has 0 aliphatic heterocycles. The summed E-state index contributed by atoms with van der Waals surface area (Å²) in [6.07, 6.45) is 11.1. The molecular formula is C33H31FN8O3S. The van der Waals surface area contributed by atoms with Gasteiger partial charge in [-0.3, -0.25) is 14.9 Å². The van der Waals surface area contributed by atoms with Crippen LogP contribution < -0.4 is 11.1 Å². The second kappa shape index (κ2) is 11.7. The number of carbonyl (C=O) groups excluding carboxylic acids is 1. The first-order valence-corrected chi connectivity index (χ1v) is 16.9. The molecule has 11 nitrogen and oxygen atoms in total. The maximum absolute atomic E-state index is 14.7. The van der Waals surface area contributed by atoms with E-state index in [4.69, 9.17) is 10.7 Å². The number of nitrogens with one attached hydrogen (secondary N) is 3. The minimum atomic E-state index is -3.65. The Morgan fingerprint density at radius 3 is 2.67 bits per heavy atom. The Kier molecular flexibility index (Phi) is 7.57. The van der Waals surface area contributed by atoms with Crippen molar-refractivity contribution in [2.45, 2.75) is 37.5 Å². The number of sulfone groups is 1. The summed E-state index contributed by atoms with van der Waals surface area (Å²) in [6.45, 7) is 0. The van der Waals surface area contributed by atoms with E-state index in [1.54, 1.807) is 30.7 Å². The van der Waals surface area contributed by atoms with Gasteiger partial charge in [0.15, 0.2) is 9.84 Å². The van der Waals surface area contributed by atoms with Crippen LogP contribution >= 0.6 is 0 Å². The standard InChI is InChI=1S/C33H31FN8O3S/c1-46(44,45)31(35)20-11-19(12-22(34)13-20)24-9-10-37-32-25(24)15-28(40-32)30-29-27(41-42-30)8-7-26(39-29)21-14-23(17-36-16-21)38-33(43)18-5-3-2-4-6-18/h7-18,31H,2-6,35H2,1H3,(H,37,40)(H,38,43)(H,41,42). The predicted octanol–water partition coefficient (Wildman–Crippen LogP) is 5.89. The third-order valence-corrected chi connectivity index (χ3v) is 9.69. The molecule has 5 aromatic heterocycles. The smallest absolute Gasteiger partial charge is 0.227 e. The lowest BCUT2D eigenvalue weighted by atomic mass is 9.88. The monoisotopic (exact) mass is 638 g/mol. The minimum absolute atomic E-state index is 0.0266. The number of hydrogen-bond donors (Lipinski definition) is 4. The van der Waals surface area contributed by atoms with Gasteiger partial charge in [-0.25, -0.2) is 22.8 Å². The molecule has 1 aliphatic carbocycles. The molecule has 46 heavy (non-hydrogen) atoms. The molecule has 5 heterocycles. The number of pyridine rings is 3. The van der Waals surface area contributed by atoms with Crippen LogP contribution in [0.4, 0.5) is 10.1 Å². The average Bonchev–Trinajstić information content (AvgIpc) is 3.68. The highest BCUT2D eigenvalue weighted by Crippen LogP contribution is 2.35. The second-order valence-electron chi connectivity index (χ2n) is 11.8. The van der Waals surface area contributed by atoms with Crippen LogP contribution in [-0.2, 0) is 14.6 Å². The summed E-state index contributed by atoms with van der Waals surface area (Å²) in [5.41, 5.74) is 12.2. The Labute approximate surface area is 263 Å². The van der Waals surface area contributed by atoms with Gasteiger partial charge in [0.05, 0.1) is 28.8 Å². The SMILES string of the molecule is CS(=O)(=O)C(N)c1cc(F)cc(-c2ccnc3[nH]c(-c4n[nH]c5ccc(-c6cncc(NC(=O)C7CCCCC7)c6)nc45)cc23)c1. The summed E-state index contributed by atoms with van der Waals surface area (Å²) in [4.78, 5) is 29.8. The first kappa shape index (κ1) is 29.7. The number of nitrogens with two attached hydrogens (primary N) is 1. The van der Waals surface area contributed by atoms with E-state index >= 15 is 0 Å². The van der Waals surface area contributed by atoms with E-state index in [-0.39, 0.29) is 17.4 Å². The summed E-state index contributed by atoms with van der Waals surface area (Å²) in [7, 11) is -3.65. The molecule has 1 amide bonds. The Bertz CT molecular complexity index is 2220. The molecule has 0 spiro atoms. The molecule has 1 saturated carbocycles. The van der Waals surface area contributed by atoms with Crippen LogP contribution in [0.2, 0.25) is 0 Å². The van der Waals surface area contributed by atoms with E-state index in [1.165, 1.54) is 12.5 Å². The Morgan fingerprint density at radius 2 is 1.87 bits per heavy atom. The predicted molar refractivity (Wildman–Crippen MR) is 175 cm³/mol. The molecule has 1 fully saturated rings. The van der Waals surface area contributed by atoms with E-state index < -0.39 is 21.0 Å². The third-order valence-electron chi connectivity index (χ3n) is 8.49. The molecule has 234 valence electrons. The number of aromatic amines is 2. The van der Waals surface area contributed by atoms with Gasteiger partial charge in [0.1, 0.15) is 28.0 Å². The Hall–Kier alpha value is -5.01. The van der Waals surface area contributed by atoms with Gasteiger partial charge in [0.2, 0.25) is 5.91 Å². The third kappa shape index (κ3) is 5.74. The van der Waals surface area contributed by atoms with Crippen LogP contribution in [-0.4, -0.2) is 50.7 Å². The van der Waals surface area contributed by atoms with Gasteiger partial charge < -0.3 is 16.0 Å². The molecule has 7 rings (SSSR count). The number of halogens is 1. The lowest BCUT2D eigenvalue weighted by Gasteiger charge is -2.20. The van der Waals surface area contributed by atoms with Crippen molar-refractivity contribution in [2.75, 3.05) is 11.6 Å². The van der Waals surface area contributed by atoms with E-state index in [9.17, 15) is 17.6 Å². The summed E-state index contributed by atoms with van der Waals surface area (Å²) in [6, 6.07) is 13.2. The van der Waals surface area contributed by atoms with Crippen LogP contribution in [0.1, 0.15) is 43.0 Å². The van der Waals surface area contributed by atoms with Crippen molar-refractivity contribution in [3.8, 4) is 33.8 Å². The van der Waals surface area contributed by atoms with Gasteiger partial charge in [-0.05, 0) is 78.1 Å². The lowest BCUT2D eigenvalue weighted by molar-refractivity contribution is -0.120. The van der Waals surface area contributed by atoms with Crippen LogP contribution in [0.15, 0.2) is 67.1 Å². The zero-order valence-electron chi connectivity index (χ0n) is 24.9. The lowest BCUT2D eigenvalue weighted by Crippen LogP contribution is -2.24. The van der Waals surface area contributed by atoms with Crippen LogP contribution in [0.25, 0.3) is 55.8 Å². The summed E-state index contributed by atoms with van der Waals surface area (Å²) < 4.78 is 38.9. The summed E-state index contributed by atoms with van der Waals surface area (Å²) >= 11 is 0. The number of benzene rings is 1. The number of aromatic nitrogens is 6. The Balaban J connectivity index is 1.23. The van der Waals surface area contributed by atoms with E-state index in [2.05, 4.69) is 30.5 Å². The molecule has 6 aromatic rings. The number of rotatable bonds is 7. The molecule has 1 aliphatic rings. The summed E-state index contributed by atoms with van der Waals surface area (Å²) in [5, 5.41) is 9.89. The van der Waals surface area contributed by atoms with Gasteiger partial charge in [-0.2, -0.15) is 5.10 Å². The van der Waals surface area contributed by atoms with Crippen LogP contribution in [0.3, 0.4) is 0 Å². The maximum Gasteiger partial charge on any atom is 0.227 e. The number of carbonyl (C=O) groups is 1. The quantitative estimate of drug-likeness (QED) is 0.168. The minimum Gasteiger partial charge on any atom is -0.338 e. The van der Waals surface area contributed by atoms with Crippen molar-refractivity contribution in [1.82, 2.24) is 30.1 Å². The molecule has 0 bridgehead atoms. The molecule has 1 aromatic carbocycles. The van der Waals surface area contributed by atoms with Gasteiger partial charge >= 0.3 is 0 Å². The highest BCUT2D eigenvalue weighted by Gasteiger charge is 2.23. The largest absolute Gasteiger partial charge is 0.338 e. The van der Waals surface area contributed by atoms with E-state index in [0.29, 0.717) is 56.0 Å². The zero-order chi connectivity index (χ0) is 32.0. The topological polar surface area (TPSA) is 172 Å². The molecule has 0 saturated heterocycles. The maximum atomic E-state index is 14.7. The normalized spacial score (nSPS) is 14.9. The second-order valence-corrected chi connectivity index (χ2v) is 13.9. The zero-order valence-corrected chi connectivity index (χ0v) is 25.7. The van der Waals surface area contributed by atoms with Crippen molar-refractivity contribution in [3.63, 3.8) is 0 Å². The fraction of sp³-hybridized carbons (Fsp3) is 0.242. The fourth-order valence-corrected chi connectivity index (χ4v) is 6.72. The molecular weight excluding hydrogens is 607 g/mol. The van der Waals surface area contributed by atoms with E-state index in [1.807, 2.05) is 24.3 Å². The van der Waals surface area contributed by atoms with Crippen molar-refractivity contribution in [3.05, 3.63) is 78.5 Å². The first-order valence-electron chi connectivity index (χ1n) is 15.0. The van der Waals surface area contributed by atoms with Crippen LogP contribution in [0, 0.1) is 11.7 Å². The number of nitrogens with zero attached hydrogens (tertiary/aromatic N) is 4. The van der Waals surface area contributed by atoms with Crippen molar-refractivity contribution in [2.24, 2.45) is 11.7 Å². The van der Waals surface area contributed by atoms with Gasteiger partial charge in [0, 0.05) is 35.5 Å². The number of hydrogen-bond acceptors (Lipinski definition) is 8. The first-order chi connectivity index (χ1) is 22.1. The highest BCUT2D eigenvalue weighted by molar-refractivity contribution is 7.90. The van der Waals surface area contributed by atoms with Gasteiger partial charge in [0.25, 0.3) is 0 Å². The molecule has 1 unspecified atom stereocenters. The molecule has 13 heteroatoms. The molecule has 5 N–H and O–H groups in total. The van der Waals surface area contributed by atoms with E-state index in [0.717, 1.165) is 43.6 Å². The number of anilines is 1.